The molecule has 0 aliphatic carbocycles. The van der Waals surface area contributed by atoms with E-state index >= 15 is 0 Å². The van der Waals surface area contributed by atoms with Gasteiger partial charge in [0.25, 0.3) is 5.91 Å². The van der Waals surface area contributed by atoms with Crippen molar-refractivity contribution in [1.82, 2.24) is 19.9 Å². The third kappa shape index (κ3) is 4.18. The number of carbonyl (C=O) groups is 1. The molecular formula is C24H30N4O2. The number of aromatic nitrogens is 3. The molecule has 3 aromatic rings. The van der Waals surface area contributed by atoms with E-state index < -0.39 is 0 Å². The SMILES string of the molecule is Cc1cc(C(=O)NC(C)c2ccc(OC(C)C)cc2)c2nc3n(c2n1)CCCCC3. The number of carbonyl (C=O) groups excluding carboxylic acids is 1. The van der Waals surface area contributed by atoms with E-state index in [4.69, 9.17) is 14.7 Å². The first-order chi connectivity index (χ1) is 14.4. The third-order valence-corrected chi connectivity index (χ3v) is 5.54. The number of amides is 1. The van der Waals surface area contributed by atoms with Gasteiger partial charge in [0.05, 0.1) is 17.7 Å². The third-order valence-electron chi connectivity index (χ3n) is 5.54. The van der Waals surface area contributed by atoms with Gasteiger partial charge in [0.15, 0.2) is 5.65 Å². The van der Waals surface area contributed by atoms with E-state index in [1.807, 2.05) is 58.0 Å². The van der Waals surface area contributed by atoms with Crippen molar-refractivity contribution in [1.29, 1.82) is 0 Å². The molecule has 6 nitrogen and oxygen atoms in total. The molecule has 158 valence electrons. The highest BCUT2D eigenvalue weighted by molar-refractivity contribution is 6.04. The summed E-state index contributed by atoms with van der Waals surface area (Å²) in [6.07, 6.45) is 4.55. The summed E-state index contributed by atoms with van der Waals surface area (Å²) in [7, 11) is 0. The Labute approximate surface area is 177 Å². The molecule has 1 amide bonds. The minimum absolute atomic E-state index is 0.117. The minimum Gasteiger partial charge on any atom is -0.491 e. The van der Waals surface area contributed by atoms with E-state index in [1.165, 1.54) is 6.42 Å². The van der Waals surface area contributed by atoms with Gasteiger partial charge in [-0.25, -0.2) is 9.97 Å². The Bertz CT molecular complexity index is 1050. The second-order valence-corrected chi connectivity index (χ2v) is 8.40. The number of rotatable bonds is 5. The molecule has 30 heavy (non-hydrogen) atoms. The summed E-state index contributed by atoms with van der Waals surface area (Å²) in [6.45, 7) is 8.85. The summed E-state index contributed by atoms with van der Waals surface area (Å²) in [6, 6.07) is 9.59. The fraction of sp³-hybridized carbons (Fsp3) is 0.458. The predicted molar refractivity (Wildman–Crippen MR) is 118 cm³/mol. The van der Waals surface area contributed by atoms with Crippen molar-refractivity contribution in [2.45, 2.75) is 72.1 Å². The number of fused-ring (bicyclic) bond motifs is 3. The maximum atomic E-state index is 13.2. The number of nitrogens with zero attached hydrogens (tertiary/aromatic N) is 3. The molecule has 2 aromatic heterocycles. The van der Waals surface area contributed by atoms with Crippen molar-refractivity contribution in [3.63, 3.8) is 0 Å². The Morgan fingerprint density at radius 2 is 1.87 bits per heavy atom. The van der Waals surface area contributed by atoms with Crippen LogP contribution in [0, 0.1) is 6.92 Å². The van der Waals surface area contributed by atoms with Crippen LogP contribution in [0.1, 0.15) is 73.5 Å². The lowest BCUT2D eigenvalue weighted by Gasteiger charge is -2.16. The second kappa shape index (κ2) is 8.46. The minimum atomic E-state index is -0.130. The molecule has 4 rings (SSSR count). The van der Waals surface area contributed by atoms with E-state index in [0.717, 1.165) is 54.3 Å². The number of pyridine rings is 1. The summed E-state index contributed by atoms with van der Waals surface area (Å²) in [5.41, 5.74) is 4.01. The van der Waals surface area contributed by atoms with Crippen LogP contribution in [0.15, 0.2) is 30.3 Å². The number of imidazole rings is 1. The van der Waals surface area contributed by atoms with Gasteiger partial charge in [-0.1, -0.05) is 18.6 Å². The molecule has 1 unspecified atom stereocenters. The van der Waals surface area contributed by atoms with E-state index in [1.54, 1.807) is 0 Å². The van der Waals surface area contributed by atoms with Crippen LogP contribution in [-0.2, 0) is 13.0 Å². The van der Waals surface area contributed by atoms with Crippen molar-refractivity contribution >= 4 is 17.1 Å². The van der Waals surface area contributed by atoms with E-state index in [2.05, 4.69) is 9.88 Å². The second-order valence-electron chi connectivity index (χ2n) is 8.40. The van der Waals surface area contributed by atoms with E-state index in [-0.39, 0.29) is 18.1 Å². The van der Waals surface area contributed by atoms with Crippen LogP contribution in [0.3, 0.4) is 0 Å². The van der Waals surface area contributed by atoms with Crippen molar-refractivity contribution < 1.29 is 9.53 Å². The average molecular weight is 407 g/mol. The summed E-state index contributed by atoms with van der Waals surface area (Å²) in [5.74, 6) is 1.76. The van der Waals surface area contributed by atoms with Crippen molar-refractivity contribution in [3.05, 3.63) is 53.0 Å². The molecular weight excluding hydrogens is 376 g/mol. The molecule has 0 bridgehead atoms. The summed E-state index contributed by atoms with van der Waals surface area (Å²) < 4.78 is 7.90. The molecule has 0 spiro atoms. The maximum absolute atomic E-state index is 13.2. The highest BCUT2D eigenvalue weighted by Crippen LogP contribution is 2.25. The molecule has 0 saturated carbocycles. The summed E-state index contributed by atoms with van der Waals surface area (Å²) in [5, 5.41) is 3.13. The number of ether oxygens (including phenoxy) is 1. The molecule has 1 aliphatic heterocycles. The zero-order chi connectivity index (χ0) is 21.3. The highest BCUT2D eigenvalue weighted by atomic mass is 16.5. The Morgan fingerprint density at radius 1 is 1.10 bits per heavy atom. The van der Waals surface area contributed by atoms with Gasteiger partial charge in [-0.2, -0.15) is 0 Å². The Hall–Kier alpha value is -2.89. The monoisotopic (exact) mass is 406 g/mol. The van der Waals surface area contributed by atoms with Crippen LogP contribution >= 0.6 is 0 Å². The van der Waals surface area contributed by atoms with Crippen molar-refractivity contribution in [3.8, 4) is 5.75 Å². The first-order valence-corrected chi connectivity index (χ1v) is 10.9. The van der Waals surface area contributed by atoms with Gasteiger partial charge < -0.3 is 14.6 Å². The summed E-state index contributed by atoms with van der Waals surface area (Å²) >= 11 is 0. The quantitative estimate of drug-likeness (QED) is 0.664. The van der Waals surface area contributed by atoms with Crippen LogP contribution in [0.4, 0.5) is 0 Å². The predicted octanol–water partition coefficient (Wildman–Crippen LogP) is 4.74. The van der Waals surface area contributed by atoms with Gasteiger partial charge in [-0.3, -0.25) is 4.79 Å². The van der Waals surface area contributed by atoms with Crippen LogP contribution in [-0.4, -0.2) is 26.5 Å². The Kier molecular flexibility index (Phi) is 5.75. The topological polar surface area (TPSA) is 69.0 Å². The smallest absolute Gasteiger partial charge is 0.254 e. The average Bonchev–Trinajstić information content (AvgIpc) is 2.88. The number of aryl methyl sites for hydroxylation is 3. The molecule has 1 aromatic carbocycles. The first kappa shape index (κ1) is 20.4. The lowest BCUT2D eigenvalue weighted by atomic mass is 10.1. The fourth-order valence-electron chi connectivity index (χ4n) is 4.05. The molecule has 1 aliphatic rings. The van der Waals surface area contributed by atoms with Crippen LogP contribution in [0.25, 0.3) is 11.2 Å². The molecule has 0 radical (unpaired) electrons. The van der Waals surface area contributed by atoms with Gasteiger partial charge in [-0.05, 0) is 64.3 Å². The highest BCUT2D eigenvalue weighted by Gasteiger charge is 2.22. The van der Waals surface area contributed by atoms with Crippen LogP contribution in [0.5, 0.6) is 5.75 Å². The van der Waals surface area contributed by atoms with Gasteiger partial charge in [0.2, 0.25) is 0 Å². The Morgan fingerprint density at radius 3 is 2.60 bits per heavy atom. The summed E-state index contributed by atoms with van der Waals surface area (Å²) in [4.78, 5) is 22.7. The van der Waals surface area contributed by atoms with Gasteiger partial charge in [-0.15, -0.1) is 0 Å². The number of hydrogen-bond donors (Lipinski definition) is 1. The zero-order valence-corrected chi connectivity index (χ0v) is 18.2. The van der Waals surface area contributed by atoms with Crippen molar-refractivity contribution in [2.75, 3.05) is 0 Å². The maximum Gasteiger partial charge on any atom is 0.254 e. The normalized spacial score (nSPS) is 15.0. The van der Waals surface area contributed by atoms with E-state index in [9.17, 15) is 4.79 Å². The molecule has 3 heterocycles. The van der Waals surface area contributed by atoms with E-state index in [0.29, 0.717) is 11.1 Å². The van der Waals surface area contributed by atoms with Crippen LogP contribution < -0.4 is 10.1 Å². The lowest BCUT2D eigenvalue weighted by molar-refractivity contribution is 0.0941. The number of benzene rings is 1. The largest absolute Gasteiger partial charge is 0.491 e. The number of hydrogen-bond acceptors (Lipinski definition) is 4. The zero-order valence-electron chi connectivity index (χ0n) is 18.2. The molecule has 0 saturated heterocycles. The molecule has 1 atom stereocenters. The number of nitrogens with one attached hydrogen (secondary N) is 1. The van der Waals surface area contributed by atoms with Gasteiger partial charge in [0, 0.05) is 18.7 Å². The van der Waals surface area contributed by atoms with Gasteiger partial charge in [0.1, 0.15) is 17.1 Å². The fourth-order valence-corrected chi connectivity index (χ4v) is 4.05. The van der Waals surface area contributed by atoms with Crippen LogP contribution in [0.2, 0.25) is 0 Å². The molecule has 6 heteroatoms. The standard InChI is InChI=1S/C24H30N4O2/c1-15(2)30-19-11-9-18(10-12-19)17(4)26-24(29)20-14-16(3)25-23-22(20)27-21-8-6-5-7-13-28(21)23/h9-12,14-15,17H,5-8,13H2,1-4H3,(H,26,29). The van der Waals surface area contributed by atoms with Crippen molar-refractivity contribution in [2.24, 2.45) is 0 Å². The molecule has 0 fully saturated rings. The lowest BCUT2D eigenvalue weighted by Crippen LogP contribution is -2.27. The van der Waals surface area contributed by atoms with Gasteiger partial charge >= 0.3 is 0 Å². The first-order valence-electron chi connectivity index (χ1n) is 10.9. The molecule has 1 N–H and O–H groups in total. The Balaban J connectivity index is 1.58.